The molecule has 1 aliphatic heterocycles. The van der Waals surface area contributed by atoms with E-state index < -0.39 is 37.3 Å². The first-order chi connectivity index (χ1) is 14.9. The molecular formula is C19H23N5O7. The van der Waals surface area contributed by atoms with Gasteiger partial charge in [-0.15, -0.1) is 0 Å². The van der Waals surface area contributed by atoms with Crippen LogP contribution >= 0.6 is 0 Å². The van der Waals surface area contributed by atoms with Crippen LogP contribution in [0, 0.1) is 0 Å². The molecule has 5 atom stereocenters. The van der Waals surface area contributed by atoms with Crippen molar-refractivity contribution in [3.63, 3.8) is 0 Å². The predicted molar refractivity (Wildman–Crippen MR) is 105 cm³/mol. The molecular weight excluding hydrogens is 410 g/mol. The monoisotopic (exact) mass is 433 g/mol. The molecule has 166 valence electrons. The summed E-state index contributed by atoms with van der Waals surface area (Å²) in [6.45, 7) is -0.337. The Kier molecular flexibility index (Phi) is 5.89. The topological polar surface area (TPSA) is 178 Å². The Labute approximate surface area is 175 Å². The van der Waals surface area contributed by atoms with E-state index >= 15 is 0 Å². The number of aliphatic hydroxyl groups is 4. The molecule has 12 heteroatoms. The number of methoxy groups -OCH3 is 1. The SMILES string of the molecule is COc1cc(O)cc(CN=c2ncn(C3O[C@H](CO)[C@@H](O)[C@H](O)[C@H]3O)c3nc[nH]c23)c1. The summed E-state index contributed by atoms with van der Waals surface area (Å²) in [5, 5.41) is 49.7. The summed E-state index contributed by atoms with van der Waals surface area (Å²) in [5.74, 6) is 0.552. The zero-order valence-electron chi connectivity index (χ0n) is 16.5. The number of hydrogen-bond acceptors (Lipinski definition) is 10. The number of nitrogens with one attached hydrogen (secondary N) is 1. The Morgan fingerprint density at radius 3 is 2.71 bits per heavy atom. The largest absolute Gasteiger partial charge is 0.508 e. The van der Waals surface area contributed by atoms with Gasteiger partial charge in [-0.05, 0) is 17.7 Å². The minimum Gasteiger partial charge on any atom is -0.508 e. The Hall–Kier alpha value is -3.03. The zero-order valence-corrected chi connectivity index (χ0v) is 16.5. The maximum Gasteiger partial charge on any atom is 0.177 e. The van der Waals surface area contributed by atoms with Gasteiger partial charge in [0.25, 0.3) is 0 Å². The number of imidazole rings is 1. The van der Waals surface area contributed by atoms with Crippen LogP contribution in [0.3, 0.4) is 0 Å². The molecule has 3 heterocycles. The molecule has 1 fully saturated rings. The van der Waals surface area contributed by atoms with Gasteiger partial charge < -0.3 is 40.0 Å². The molecule has 6 N–H and O–H groups in total. The van der Waals surface area contributed by atoms with Crippen molar-refractivity contribution in [3.05, 3.63) is 41.9 Å². The van der Waals surface area contributed by atoms with Crippen LogP contribution in [0.1, 0.15) is 11.8 Å². The van der Waals surface area contributed by atoms with Crippen molar-refractivity contribution in [3.8, 4) is 11.5 Å². The van der Waals surface area contributed by atoms with Crippen molar-refractivity contribution in [2.75, 3.05) is 13.7 Å². The number of aliphatic hydroxyl groups excluding tert-OH is 4. The lowest BCUT2D eigenvalue weighted by Gasteiger charge is -2.40. The third kappa shape index (κ3) is 3.98. The molecule has 1 saturated heterocycles. The van der Waals surface area contributed by atoms with Crippen LogP contribution in [-0.2, 0) is 11.3 Å². The van der Waals surface area contributed by atoms with Crippen LogP contribution in [0.15, 0.2) is 35.8 Å². The van der Waals surface area contributed by atoms with E-state index in [-0.39, 0.29) is 12.3 Å². The van der Waals surface area contributed by atoms with Crippen molar-refractivity contribution < 1.29 is 35.0 Å². The van der Waals surface area contributed by atoms with Crippen molar-refractivity contribution in [2.24, 2.45) is 4.99 Å². The maximum absolute atomic E-state index is 10.4. The number of aromatic hydroxyl groups is 1. The average molecular weight is 433 g/mol. The number of aromatic nitrogens is 4. The van der Waals surface area contributed by atoms with E-state index in [9.17, 15) is 25.5 Å². The number of phenolic OH excluding ortho intramolecular Hbond substituents is 1. The molecule has 0 radical (unpaired) electrons. The highest BCUT2D eigenvalue weighted by Gasteiger charge is 2.44. The predicted octanol–water partition coefficient (Wildman–Crippen LogP) is -1.45. The van der Waals surface area contributed by atoms with Gasteiger partial charge in [0.05, 0.1) is 26.6 Å². The molecule has 3 aromatic rings. The Bertz CT molecular complexity index is 1130. The number of aromatic amines is 1. The number of phenols is 1. The van der Waals surface area contributed by atoms with Crippen LogP contribution in [0.4, 0.5) is 0 Å². The van der Waals surface area contributed by atoms with Crippen LogP contribution in [0.25, 0.3) is 11.2 Å². The zero-order chi connectivity index (χ0) is 22.1. The van der Waals surface area contributed by atoms with E-state index in [0.29, 0.717) is 28.0 Å². The highest BCUT2D eigenvalue weighted by molar-refractivity contribution is 5.68. The summed E-state index contributed by atoms with van der Waals surface area (Å²) in [7, 11) is 1.50. The first-order valence-electron chi connectivity index (χ1n) is 9.51. The van der Waals surface area contributed by atoms with E-state index in [1.165, 1.54) is 30.4 Å². The second-order valence-electron chi connectivity index (χ2n) is 7.15. The number of rotatable bonds is 5. The lowest BCUT2D eigenvalue weighted by molar-refractivity contribution is -0.250. The Morgan fingerprint density at radius 2 is 1.97 bits per heavy atom. The van der Waals surface area contributed by atoms with E-state index in [0.717, 1.165) is 0 Å². The Balaban J connectivity index is 1.69. The molecule has 1 aliphatic rings. The molecule has 0 spiro atoms. The van der Waals surface area contributed by atoms with E-state index in [1.807, 2.05) is 0 Å². The molecule has 1 unspecified atom stereocenters. The lowest BCUT2D eigenvalue weighted by Crippen LogP contribution is -2.56. The number of hydrogen-bond donors (Lipinski definition) is 6. The minimum atomic E-state index is -1.53. The number of ether oxygens (including phenoxy) is 2. The van der Waals surface area contributed by atoms with Crippen molar-refractivity contribution in [2.45, 2.75) is 37.2 Å². The second kappa shape index (κ2) is 8.61. The third-order valence-electron chi connectivity index (χ3n) is 5.13. The number of H-pyrrole nitrogens is 1. The number of nitrogens with zero attached hydrogens (tertiary/aromatic N) is 4. The average Bonchev–Trinajstić information content (AvgIpc) is 3.26. The first-order valence-corrected chi connectivity index (χ1v) is 9.51. The standard InChI is InChI=1S/C19H23N5O7/c1-30-11-3-9(2-10(26)4-11)5-20-17-13-18(22-7-21-13)24(8-23-17)19-16(29)15(28)14(27)12(6-25)31-19/h2-4,7-8,12,14-16,19,25-29H,5-6H2,1H3,(H,21,22)/t12-,14-,15+,16-,19?/m1/s1. The second-order valence-corrected chi connectivity index (χ2v) is 7.15. The molecule has 2 aromatic heterocycles. The number of benzene rings is 1. The van der Waals surface area contributed by atoms with Gasteiger partial charge in [0.15, 0.2) is 17.4 Å². The molecule has 4 rings (SSSR count). The summed E-state index contributed by atoms with van der Waals surface area (Å²) in [6.07, 6.45) is -3.91. The van der Waals surface area contributed by atoms with Gasteiger partial charge >= 0.3 is 0 Å². The smallest absolute Gasteiger partial charge is 0.177 e. The third-order valence-corrected chi connectivity index (χ3v) is 5.13. The normalized spacial score (nSPS) is 27.0. The van der Waals surface area contributed by atoms with Crippen molar-refractivity contribution in [1.29, 1.82) is 0 Å². The fourth-order valence-corrected chi connectivity index (χ4v) is 3.52. The fourth-order valence-electron chi connectivity index (χ4n) is 3.52. The molecule has 0 aliphatic carbocycles. The van der Waals surface area contributed by atoms with Gasteiger partial charge in [-0.2, -0.15) is 0 Å². The summed E-state index contributed by atoms with van der Waals surface area (Å²) >= 11 is 0. The van der Waals surface area contributed by atoms with E-state index in [1.54, 1.807) is 12.1 Å². The van der Waals surface area contributed by atoms with Crippen LogP contribution in [-0.4, -0.2) is 83.2 Å². The fraction of sp³-hybridized carbons (Fsp3) is 0.421. The van der Waals surface area contributed by atoms with Crippen molar-refractivity contribution in [1.82, 2.24) is 19.5 Å². The quantitative estimate of drug-likeness (QED) is 0.281. The molecule has 12 nitrogen and oxygen atoms in total. The molecule has 1 aromatic carbocycles. The van der Waals surface area contributed by atoms with Crippen molar-refractivity contribution >= 4 is 11.2 Å². The Morgan fingerprint density at radius 1 is 1.16 bits per heavy atom. The summed E-state index contributed by atoms with van der Waals surface area (Å²) in [6, 6.07) is 4.79. The summed E-state index contributed by atoms with van der Waals surface area (Å²) in [4.78, 5) is 15.9. The van der Waals surface area contributed by atoms with Gasteiger partial charge in [-0.3, -0.25) is 9.56 Å². The summed E-state index contributed by atoms with van der Waals surface area (Å²) in [5.41, 5.74) is 1.82. The summed E-state index contributed by atoms with van der Waals surface area (Å²) < 4.78 is 12.1. The minimum absolute atomic E-state index is 0.0534. The van der Waals surface area contributed by atoms with Gasteiger partial charge in [0.1, 0.15) is 47.8 Å². The molecule has 31 heavy (non-hydrogen) atoms. The molecule has 0 bridgehead atoms. The van der Waals surface area contributed by atoms with Gasteiger partial charge in [-0.1, -0.05) is 0 Å². The van der Waals surface area contributed by atoms with Crippen LogP contribution in [0.2, 0.25) is 0 Å². The number of fused-ring (bicyclic) bond motifs is 1. The van der Waals surface area contributed by atoms with Gasteiger partial charge in [-0.25, -0.2) is 9.97 Å². The highest BCUT2D eigenvalue weighted by Crippen LogP contribution is 2.29. The van der Waals surface area contributed by atoms with E-state index in [2.05, 4.69) is 19.9 Å². The lowest BCUT2D eigenvalue weighted by atomic mass is 9.98. The van der Waals surface area contributed by atoms with Gasteiger partial charge in [0.2, 0.25) is 0 Å². The molecule has 0 saturated carbocycles. The van der Waals surface area contributed by atoms with Gasteiger partial charge in [0, 0.05) is 6.07 Å². The van der Waals surface area contributed by atoms with Crippen LogP contribution < -0.4 is 10.2 Å². The maximum atomic E-state index is 10.4. The first kappa shape index (κ1) is 21.2. The van der Waals surface area contributed by atoms with E-state index in [4.69, 9.17) is 9.47 Å². The van der Waals surface area contributed by atoms with Crippen LogP contribution in [0.5, 0.6) is 11.5 Å². The highest BCUT2D eigenvalue weighted by atomic mass is 16.6. The molecule has 0 amide bonds.